The van der Waals surface area contributed by atoms with Crippen LogP contribution < -0.4 is 0 Å². The third kappa shape index (κ3) is 3.36. The van der Waals surface area contributed by atoms with Gasteiger partial charge < -0.3 is 4.74 Å². The van der Waals surface area contributed by atoms with E-state index in [-0.39, 0.29) is 5.44 Å². The van der Waals surface area contributed by atoms with Gasteiger partial charge in [0.15, 0.2) is 0 Å². The van der Waals surface area contributed by atoms with Crippen LogP contribution in [-0.4, -0.2) is 12.0 Å². The first kappa shape index (κ1) is 10.4. The highest BCUT2D eigenvalue weighted by molar-refractivity contribution is 7.80. The maximum atomic E-state index is 5.52. The van der Waals surface area contributed by atoms with Crippen molar-refractivity contribution >= 4 is 12.6 Å². The van der Waals surface area contributed by atoms with Crippen LogP contribution in [0.2, 0.25) is 0 Å². The smallest absolute Gasteiger partial charge is 0.0971 e. The lowest BCUT2D eigenvalue weighted by atomic mass is 9.81. The van der Waals surface area contributed by atoms with Crippen LogP contribution in [0.5, 0.6) is 0 Å². The maximum Gasteiger partial charge on any atom is 0.0971 e. The fourth-order valence-electron chi connectivity index (χ4n) is 1.90. The van der Waals surface area contributed by atoms with E-state index in [1.54, 1.807) is 0 Å². The van der Waals surface area contributed by atoms with Gasteiger partial charge in [-0.25, -0.2) is 0 Å². The Morgan fingerprint density at radius 1 is 1.42 bits per heavy atom. The minimum Gasteiger partial charge on any atom is -0.368 e. The topological polar surface area (TPSA) is 9.23 Å². The van der Waals surface area contributed by atoms with Crippen molar-refractivity contribution in [3.8, 4) is 0 Å². The van der Waals surface area contributed by atoms with Crippen molar-refractivity contribution in [1.29, 1.82) is 0 Å². The molecule has 0 aromatic carbocycles. The maximum absolute atomic E-state index is 5.52. The van der Waals surface area contributed by atoms with Gasteiger partial charge in [0.2, 0.25) is 0 Å². The van der Waals surface area contributed by atoms with Crippen LogP contribution in [-0.2, 0) is 4.74 Å². The van der Waals surface area contributed by atoms with Gasteiger partial charge in [-0.05, 0) is 25.2 Å². The number of thiol groups is 1. The third-order valence-electron chi connectivity index (χ3n) is 2.84. The molecule has 0 aromatic rings. The second-order valence-electron chi connectivity index (χ2n) is 3.95. The molecule has 3 atom stereocenters. The van der Waals surface area contributed by atoms with Crippen molar-refractivity contribution in [2.75, 3.05) is 6.61 Å². The summed E-state index contributed by atoms with van der Waals surface area (Å²) >= 11 is 4.21. The minimum atomic E-state index is 0.0964. The molecule has 1 unspecified atom stereocenters. The predicted octanol–water partition coefficient (Wildman–Crippen LogP) is 3.11. The standard InChI is InChI=1S/C10H20OS/c1-8-5-3-4-6-10(8)7-11-9(2)12/h8-10,12H,3-7H2,1-2H3/t8-,9?,10-/m1/s1. The lowest BCUT2D eigenvalue weighted by Gasteiger charge is -2.28. The molecule has 12 heavy (non-hydrogen) atoms. The molecule has 0 N–H and O–H groups in total. The molecule has 1 aliphatic rings. The summed E-state index contributed by atoms with van der Waals surface area (Å²) in [4.78, 5) is 0. The van der Waals surface area contributed by atoms with Crippen molar-refractivity contribution in [2.24, 2.45) is 11.8 Å². The van der Waals surface area contributed by atoms with Crippen molar-refractivity contribution in [2.45, 2.75) is 45.0 Å². The van der Waals surface area contributed by atoms with Gasteiger partial charge in [0.05, 0.1) is 12.0 Å². The molecular formula is C10H20OS. The van der Waals surface area contributed by atoms with Gasteiger partial charge in [0, 0.05) is 0 Å². The quantitative estimate of drug-likeness (QED) is 0.529. The number of hydrogen-bond acceptors (Lipinski definition) is 2. The second-order valence-corrected chi connectivity index (χ2v) is 4.68. The highest BCUT2D eigenvalue weighted by Crippen LogP contribution is 2.29. The average molecular weight is 188 g/mol. The first-order valence-corrected chi connectivity index (χ1v) is 5.51. The van der Waals surface area contributed by atoms with Crippen molar-refractivity contribution < 1.29 is 4.74 Å². The summed E-state index contributed by atoms with van der Waals surface area (Å²) in [6, 6.07) is 0. The van der Waals surface area contributed by atoms with Crippen molar-refractivity contribution in [3.05, 3.63) is 0 Å². The van der Waals surface area contributed by atoms with E-state index >= 15 is 0 Å². The second kappa shape index (κ2) is 5.13. The van der Waals surface area contributed by atoms with E-state index in [1.165, 1.54) is 25.7 Å². The molecule has 1 rings (SSSR count). The molecule has 1 nitrogen and oxygen atoms in total. The molecule has 1 aliphatic carbocycles. The normalized spacial score (nSPS) is 33.2. The Bertz CT molecular complexity index is 125. The lowest BCUT2D eigenvalue weighted by Crippen LogP contribution is -2.22. The summed E-state index contributed by atoms with van der Waals surface area (Å²) in [5.74, 6) is 1.64. The van der Waals surface area contributed by atoms with E-state index in [9.17, 15) is 0 Å². The molecular weight excluding hydrogens is 168 g/mol. The Labute approximate surface area is 81.3 Å². The SMILES string of the molecule is CC(S)OC[C@H]1CCCC[C@H]1C. The highest BCUT2D eigenvalue weighted by Gasteiger charge is 2.21. The van der Waals surface area contributed by atoms with Crippen LogP contribution in [0.15, 0.2) is 0 Å². The zero-order chi connectivity index (χ0) is 8.97. The molecule has 72 valence electrons. The van der Waals surface area contributed by atoms with Crippen LogP contribution in [0, 0.1) is 11.8 Å². The molecule has 0 radical (unpaired) electrons. The van der Waals surface area contributed by atoms with Gasteiger partial charge >= 0.3 is 0 Å². The van der Waals surface area contributed by atoms with Gasteiger partial charge in [0.25, 0.3) is 0 Å². The summed E-state index contributed by atoms with van der Waals surface area (Å²) in [6.45, 7) is 5.23. The molecule has 0 spiro atoms. The van der Waals surface area contributed by atoms with E-state index < -0.39 is 0 Å². The molecule has 0 aromatic heterocycles. The monoisotopic (exact) mass is 188 g/mol. The Kier molecular flexibility index (Phi) is 4.44. The molecule has 0 saturated heterocycles. The first-order chi connectivity index (χ1) is 5.70. The van der Waals surface area contributed by atoms with Crippen molar-refractivity contribution in [3.63, 3.8) is 0 Å². The summed E-state index contributed by atoms with van der Waals surface area (Å²) in [6.07, 6.45) is 5.53. The van der Waals surface area contributed by atoms with Crippen LogP contribution in [0.3, 0.4) is 0 Å². The number of ether oxygens (including phenoxy) is 1. The predicted molar refractivity (Wildman–Crippen MR) is 55.5 cm³/mol. The van der Waals surface area contributed by atoms with E-state index in [0.29, 0.717) is 0 Å². The number of hydrogen-bond donors (Lipinski definition) is 1. The third-order valence-corrected chi connectivity index (χ3v) is 2.99. The molecule has 0 aliphatic heterocycles. The van der Waals surface area contributed by atoms with Crippen LogP contribution in [0.25, 0.3) is 0 Å². The van der Waals surface area contributed by atoms with Gasteiger partial charge in [-0.2, -0.15) is 0 Å². The lowest BCUT2D eigenvalue weighted by molar-refractivity contribution is 0.0570. The molecule has 1 saturated carbocycles. The molecule has 0 amide bonds. The van der Waals surface area contributed by atoms with Crippen molar-refractivity contribution in [1.82, 2.24) is 0 Å². The van der Waals surface area contributed by atoms with Crippen LogP contribution in [0.1, 0.15) is 39.5 Å². The van der Waals surface area contributed by atoms with Gasteiger partial charge in [0.1, 0.15) is 0 Å². The average Bonchev–Trinajstić information content (AvgIpc) is 2.03. The van der Waals surface area contributed by atoms with E-state index in [1.807, 2.05) is 6.92 Å². The van der Waals surface area contributed by atoms with Gasteiger partial charge in [-0.15, -0.1) is 12.6 Å². The Hall–Kier alpha value is 0.310. The van der Waals surface area contributed by atoms with Gasteiger partial charge in [-0.1, -0.05) is 26.2 Å². The summed E-state index contributed by atoms with van der Waals surface area (Å²) in [7, 11) is 0. The highest BCUT2D eigenvalue weighted by atomic mass is 32.1. The van der Waals surface area contributed by atoms with Crippen LogP contribution >= 0.6 is 12.6 Å². The van der Waals surface area contributed by atoms with Crippen LogP contribution in [0.4, 0.5) is 0 Å². The summed E-state index contributed by atoms with van der Waals surface area (Å²) < 4.78 is 5.52. The molecule has 0 heterocycles. The fourth-order valence-corrected chi connectivity index (χ4v) is 1.99. The first-order valence-electron chi connectivity index (χ1n) is 5.00. The molecule has 1 fully saturated rings. The Morgan fingerprint density at radius 2 is 2.08 bits per heavy atom. The minimum absolute atomic E-state index is 0.0964. The van der Waals surface area contributed by atoms with E-state index in [2.05, 4.69) is 19.6 Å². The fraction of sp³-hybridized carbons (Fsp3) is 1.00. The Morgan fingerprint density at radius 3 is 2.67 bits per heavy atom. The van der Waals surface area contributed by atoms with E-state index in [4.69, 9.17) is 4.74 Å². The molecule has 0 bridgehead atoms. The summed E-state index contributed by atoms with van der Waals surface area (Å²) in [5, 5.41) is 0. The molecule has 2 heteroatoms. The van der Waals surface area contributed by atoms with E-state index in [0.717, 1.165) is 18.4 Å². The Balaban J connectivity index is 2.20. The van der Waals surface area contributed by atoms with Gasteiger partial charge in [-0.3, -0.25) is 0 Å². The zero-order valence-electron chi connectivity index (χ0n) is 8.12. The number of rotatable bonds is 3. The summed E-state index contributed by atoms with van der Waals surface area (Å²) in [5.41, 5.74) is 0.0964. The largest absolute Gasteiger partial charge is 0.368 e. The zero-order valence-corrected chi connectivity index (χ0v) is 9.02.